The molecule has 2 aromatic rings. The van der Waals surface area contributed by atoms with Gasteiger partial charge in [-0.3, -0.25) is 4.90 Å². The molecule has 100 valence electrons. The first-order valence-electron chi connectivity index (χ1n) is 6.58. The van der Waals surface area contributed by atoms with Crippen molar-refractivity contribution in [1.82, 2.24) is 15.5 Å². The number of nitrogens with one attached hydrogen (secondary N) is 1. The van der Waals surface area contributed by atoms with Crippen molar-refractivity contribution >= 4 is 11.7 Å². The van der Waals surface area contributed by atoms with E-state index < -0.39 is 0 Å². The minimum Gasteiger partial charge on any atom is -0.406 e. The SMILES string of the molecule is Cc1ccc(N(C)c2nnc(CNC3CC3)o2)cc1. The van der Waals surface area contributed by atoms with Crippen molar-refractivity contribution in [2.75, 3.05) is 11.9 Å². The summed E-state index contributed by atoms with van der Waals surface area (Å²) in [5, 5.41) is 11.5. The van der Waals surface area contributed by atoms with E-state index in [4.69, 9.17) is 4.42 Å². The minimum absolute atomic E-state index is 0.524. The van der Waals surface area contributed by atoms with Crippen molar-refractivity contribution in [1.29, 1.82) is 0 Å². The van der Waals surface area contributed by atoms with Gasteiger partial charge >= 0.3 is 6.01 Å². The summed E-state index contributed by atoms with van der Waals surface area (Å²) < 4.78 is 5.65. The Morgan fingerprint density at radius 3 is 2.68 bits per heavy atom. The van der Waals surface area contributed by atoms with Gasteiger partial charge in [-0.25, -0.2) is 0 Å². The summed E-state index contributed by atoms with van der Waals surface area (Å²) in [4.78, 5) is 1.90. The van der Waals surface area contributed by atoms with Gasteiger partial charge in [-0.1, -0.05) is 22.8 Å². The largest absolute Gasteiger partial charge is 0.406 e. The number of anilines is 2. The van der Waals surface area contributed by atoms with Crippen LogP contribution in [0.15, 0.2) is 28.7 Å². The second-order valence-electron chi connectivity index (χ2n) is 5.03. The van der Waals surface area contributed by atoms with Crippen LogP contribution < -0.4 is 10.2 Å². The molecule has 1 N–H and O–H groups in total. The van der Waals surface area contributed by atoms with Gasteiger partial charge in [0.05, 0.1) is 6.54 Å². The Morgan fingerprint density at radius 2 is 2.00 bits per heavy atom. The first-order chi connectivity index (χ1) is 9.22. The van der Waals surface area contributed by atoms with E-state index in [-0.39, 0.29) is 0 Å². The highest BCUT2D eigenvalue weighted by Crippen LogP contribution is 2.23. The number of benzene rings is 1. The van der Waals surface area contributed by atoms with Gasteiger partial charge in [-0.15, -0.1) is 5.10 Å². The molecule has 1 heterocycles. The highest BCUT2D eigenvalue weighted by molar-refractivity contribution is 5.55. The smallest absolute Gasteiger partial charge is 0.322 e. The lowest BCUT2D eigenvalue weighted by molar-refractivity contribution is 0.471. The molecule has 0 atom stereocenters. The van der Waals surface area contributed by atoms with Crippen molar-refractivity contribution in [2.24, 2.45) is 0 Å². The predicted molar refractivity (Wildman–Crippen MR) is 73.4 cm³/mol. The van der Waals surface area contributed by atoms with Crippen molar-refractivity contribution in [3.05, 3.63) is 35.7 Å². The maximum absolute atomic E-state index is 5.65. The van der Waals surface area contributed by atoms with E-state index in [0.717, 1.165) is 5.69 Å². The normalized spacial score (nSPS) is 14.6. The molecule has 3 rings (SSSR count). The average Bonchev–Trinajstić information content (AvgIpc) is 3.13. The van der Waals surface area contributed by atoms with Crippen LogP contribution in [0.4, 0.5) is 11.7 Å². The Bertz CT molecular complexity index is 545. The van der Waals surface area contributed by atoms with Crippen molar-refractivity contribution in [2.45, 2.75) is 32.4 Å². The second-order valence-corrected chi connectivity index (χ2v) is 5.03. The standard InChI is InChI=1S/C14H18N4O/c1-10-3-7-12(8-4-10)18(2)14-17-16-13(19-14)9-15-11-5-6-11/h3-4,7-8,11,15H,5-6,9H2,1-2H3. The van der Waals surface area contributed by atoms with E-state index in [1.165, 1.54) is 18.4 Å². The third-order valence-electron chi connectivity index (χ3n) is 3.28. The van der Waals surface area contributed by atoms with Gasteiger partial charge in [0.2, 0.25) is 5.89 Å². The van der Waals surface area contributed by atoms with Gasteiger partial charge < -0.3 is 9.73 Å². The van der Waals surface area contributed by atoms with Crippen LogP contribution in [0.1, 0.15) is 24.3 Å². The Kier molecular flexibility index (Phi) is 3.21. The molecule has 1 saturated carbocycles. The van der Waals surface area contributed by atoms with Gasteiger partial charge in [-0.2, -0.15) is 0 Å². The fourth-order valence-electron chi connectivity index (χ4n) is 1.85. The number of rotatable bonds is 5. The van der Waals surface area contributed by atoms with Crippen LogP contribution in [-0.2, 0) is 6.54 Å². The number of nitrogens with zero attached hydrogens (tertiary/aromatic N) is 3. The zero-order chi connectivity index (χ0) is 13.2. The molecule has 0 bridgehead atoms. The minimum atomic E-state index is 0.524. The number of hydrogen-bond acceptors (Lipinski definition) is 5. The van der Waals surface area contributed by atoms with E-state index in [1.54, 1.807) is 0 Å². The van der Waals surface area contributed by atoms with Gasteiger partial charge in [0.15, 0.2) is 0 Å². The fourth-order valence-corrected chi connectivity index (χ4v) is 1.85. The molecule has 5 heteroatoms. The Morgan fingerprint density at radius 1 is 1.26 bits per heavy atom. The zero-order valence-electron chi connectivity index (χ0n) is 11.3. The fraction of sp³-hybridized carbons (Fsp3) is 0.429. The summed E-state index contributed by atoms with van der Waals surface area (Å²) in [7, 11) is 1.93. The summed E-state index contributed by atoms with van der Waals surface area (Å²) >= 11 is 0. The highest BCUT2D eigenvalue weighted by Gasteiger charge is 2.21. The monoisotopic (exact) mass is 258 g/mol. The Balaban J connectivity index is 1.68. The predicted octanol–water partition coefficient (Wildman–Crippen LogP) is 2.40. The van der Waals surface area contributed by atoms with Gasteiger partial charge in [-0.05, 0) is 31.9 Å². The lowest BCUT2D eigenvalue weighted by Gasteiger charge is -2.13. The molecule has 1 aliphatic rings. The van der Waals surface area contributed by atoms with Crippen LogP contribution in [-0.4, -0.2) is 23.3 Å². The van der Waals surface area contributed by atoms with Crippen LogP contribution in [0.25, 0.3) is 0 Å². The summed E-state index contributed by atoms with van der Waals surface area (Å²) in [5.41, 5.74) is 2.27. The first-order valence-corrected chi connectivity index (χ1v) is 6.58. The molecule has 1 aliphatic carbocycles. The second kappa shape index (κ2) is 5.01. The van der Waals surface area contributed by atoms with Gasteiger partial charge in [0.1, 0.15) is 0 Å². The lowest BCUT2D eigenvalue weighted by atomic mass is 10.2. The van der Waals surface area contributed by atoms with Gasteiger partial charge in [0.25, 0.3) is 0 Å². The average molecular weight is 258 g/mol. The van der Waals surface area contributed by atoms with Crippen LogP contribution in [0.3, 0.4) is 0 Å². The van der Waals surface area contributed by atoms with Gasteiger partial charge in [0, 0.05) is 18.8 Å². The lowest BCUT2D eigenvalue weighted by Crippen LogP contribution is -2.15. The number of hydrogen-bond donors (Lipinski definition) is 1. The maximum Gasteiger partial charge on any atom is 0.322 e. The molecule has 0 saturated heterocycles. The number of aryl methyl sites for hydroxylation is 1. The molecule has 0 spiro atoms. The van der Waals surface area contributed by atoms with E-state index >= 15 is 0 Å². The van der Waals surface area contributed by atoms with E-state index in [9.17, 15) is 0 Å². The Labute approximate surface area is 112 Å². The number of aromatic nitrogens is 2. The maximum atomic E-state index is 5.65. The molecule has 5 nitrogen and oxygen atoms in total. The van der Waals surface area contributed by atoms with Crippen molar-refractivity contribution in [3.63, 3.8) is 0 Å². The molecule has 1 fully saturated rings. The summed E-state index contributed by atoms with van der Waals surface area (Å²) in [5.74, 6) is 0.640. The summed E-state index contributed by atoms with van der Waals surface area (Å²) in [6, 6.07) is 9.39. The molecule has 1 aromatic heterocycles. The topological polar surface area (TPSA) is 54.2 Å². The van der Waals surface area contributed by atoms with E-state index in [1.807, 2.05) is 24.1 Å². The molecule has 19 heavy (non-hydrogen) atoms. The quantitative estimate of drug-likeness (QED) is 0.892. The van der Waals surface area contributed by atoms with Crippen molar-refractivity contribution < 1.29 is 4.42 Å². The molecular weight excluding hydrogens is 240 g/mol. The molecule has 0 unspecified atom stereocenters. The first kappa shape index (κ1) is 12.2. The third-order valence-corrected chi connectivity index (χ3v) is 3.28. The van der Waals surface area contributed by atoms with Crippen molar-refractivity contribution in [3.8, 4) is 0 Å². The van der Waals surface area contributed by atoms with Crippen LogP contribution in [0, 0.1) is 6.92 Å². The van der Waals surface area contributed by atoms with E-state index in [2.05, 4.69) is 34.6 Å². The molecular formula is C14H18N4O. The zero-order valence-corrected chi connectivity index (χ0v) is 11.3. The van der Waals surface area contributed by atoms with Crippen LogP contribution >= 0.6 is 0 Å². The molecule has 0 amide bonds. The molecule has 0 radical (unpaired) electrons. The summed E-state index contributed by atoms with van der Waals surface area (Å²) in [6.07, 6.45) is 2.51. The summed E-state index contributed by atoms with van der Waals surface area (Å²) in [6.45, 7) is 2.72. The van der Waals surface area contributed by atoms with E-state index in [0.29, 0.717) is 24.5 Å². The highest BCUT2D eigenvalue weighted by atomic mass is 16.4. The third kappa shape index (κ3) is 2.93. The Hall–Kier alpha value is -1.88. The molecule has 1 aromatic carbocycles. The van der Waals surface area contributed by atoms with Crippen LogP contribution in [0.5, 0.6) is 0 Å². The molecule has 0 aliphatic heterocycles. The van der Waals surface area contributed by atoms with Crippen LogP contribution in [0.2, 0.25) is 0 Å².